The molecule has 1 saturated carbocycles. The van der Waals surface area contributed by atoms with Gasteiger partial charge in [0.2, 0.25) is 0 Å². The molecule has 3 heteroatoms. The molecule has 0 unspecified atom stereocenters. The van der Waals surface area contributed by atoms with E-state index in [4.69, 9.17) is 0 Å². The van der Waals surface area contributed by atoms with Crippen LogP contribution in [0.2, 0.25) is 0 Å². The predicted octanol–water partition coefficient (Wildman–Crippen LogP) is 6.43. The summed E-state index contributed by atoms with van der Waals surface area (Å²) in [4.78, 5) is 11.3. The molecule has 0 aliphatic heterocycles. The van der Waals surface area contributed by atoms with Gasteiger partial charge in [-0.25, -0.2) is 4.79 Å². The van der Waals surface area contributed by atoms with Crippen LogP contribution in [0.25, 0.3) is 17.2 Å². The van der Waals surface area contributed by atoms with Gasteiger partial charge < -0.3 is 10.4 Å². The van der Waals surface area contributed by atoms with E-state index >= 15 is 0 Å². The quantitative estimate of drug-likeness (QED) is 0.590. The van der Waals surface area contributed by atoms with Crippen LogP contribution in [-0.4, -0.2) is 17.1 Å². The zero-order valence-electron chi connectivity index (χ0n) is 17.6. The highest BCUT2D eigenvalue weighted by molar-refractivity contribution is 5.92. The van der Waals surface area contributed by atoms with Crippen molar-refractivity contribution in [3.8, 4) is 11.1 Å². The van der Waals surface area contributed by atoms with Crippen molar-refractivity contribution in [2.75, 3.05) is 5.32 Å². The molecule has 3 rings (SSSR count). The Kier molecular flexibility index (Phi) is 5.93. The molecule has 1 fully saturated rings. The van der Waals surface area contributed by atoms with E-state index in [1.54, 1.807) is 13.0 Å². The number of benzene rings is 2. The Morgan fingerprint density at radius 3 is 2.00 bits per heavy atom. The topological polar surface area (TPSA) is 49.3 Å². The molecular formula is C25H31NO2. The van der Waals surface area contributed by atoms with Crippen LogP contribution in [0, 0.1) is 27.7 Å². The average Bonchev–Trinajstić information content (AvgIpc) is 3.18. The number of carboxylic acid groups (broad SMARTS) is 1. The largest absolute Gasteiger partial charge is 0.478 e. The summed E-state index contributed by atoms with van der Waals surface area (Å²) in [5, 5.41) is 12.9. The van der Waals surface area contributed by atoms with Crippen LogP contribution < -0.4 is 5.32 Å². The first-order valence-electron chi connectivity index (χ1n) is 10.2. The molecule has 3 nitrogen and oxygen atoms in total. The summed E-state index contributed by atoms with van der Waals surface area (Å²) in [6.07, 6.45) is 6.99. The van der Waals surface area contributed by atoms with Gasteiger partial charge in [0.05, 0.1) is 0 Å². The summed E-state index contributed by atoms with van der Waals surface area (Å²) in [7, 11) is 0. The first-order chi connectivity index (χ1) is 13.3. The normalized spacial score (nSPS) is 15.1. The third kappa shape index (κ3) is 3.99. The van der Waals surface area contributed by atoms with Crippen molar-refractivity contribution in [2.45, 2.75) is 66.3 Å². The zero-order chi connectivity index (χ0) is 20.4. The Morgan fingerprint density at radius 1 is 0.964 bits per heavy atom. The van der Waals surface area contributed by atoms with Crippen LogP contribution >= 0.6 is 0 Å². The molecule has 148 valence electrons. The highest BCUT2D eigenvalue weighted by Crippen LogP contribution is 2.36. The number of carboxylic acids is 1. The highest BCUT2D eigenvalue weighted by Gasteiger charge is 2.17. The van der Waals surface area contributed by atoms with Crippen LogP contribution in [0.1, 0.15) is 60.4 Å². The van der Waals surface area contributed by atoms with Crippen molar-refractivity contribution in [1.82, 2.24) is 0 Å². The summed E-state index contributed by atoms with van der Waals surface area (Å²) in [5.41, 5.74) is 9.76. The lowest BCUT2D eigenvalue weighted by Crippen LogP contribution is -2.14. The molecule has 2 aromatic carbocycles. The van der Waals surface area contributed by atoms with Gasteiger partial charge in [-0.1, -0.05) is 25.0 Å². The van der Waals surface area contributed by atoms with Crippen LogP contribution in [0.15, 0.2) is 29.8 Å². The number of carbonyl (C=O) groups is 1. The SMILES string of the molecule is CC(=Cc1c(C)c(C)c(-c2ccc(NC3CCCC3)cc2)c(C)c1C)C(=O)O. The first-order valence-corrected chi connectivity index (χ1v) is 10.2. The van der Waals surface area contributed by atoms with E-state index in [2.05, 4.69) is 57.3 Å². The van der Waals surface area contributed by atoms with E-state index in [9.17, 15) is 9.90 Å². The maximum absolute atomic E-state index is 11.3. The van der Waals surface area contributed by atoms with Gasteiger partial charge >= 0.3 is 5.97 Å². The van der Waals surface area contributed by atoms with E-state index in [1.807, 2.05) is 0 Å². The van der Waals surface area contributed by atoms with Crippen molar-refractivity contribution in [3.05, 3.63) is 57.7 Å². The number of anilines is 1. The fraction of sp³-hybridized carbons (Fsp3) is 0.400. The van der Waals surface area contributed by atoms with E-state index in [-0.39, 0.29) is 0 Å². The second kappa shape index (κ2) is 8.22. The molecule has 2 aromatic rings. The lowest BCUT2D eigenvalue weighted by Gasteiger charge is -2.20. The Hall–Kier alpha value is -2.55. The smallest absolute Gasteiger partial charge is 0.331 e. The molecule has 1 aliphatic carbocycles. The standard InChI is InChI=1S/C25H31NO2/c1-15(25(27)28)14-23-16(2)18(4)24(19(5)17(23)3)20-10-12-22(13-11-20)26-21-8-6-7-9-21/h10-14,21,26H,6-9H2,1-5H3,(H,27,28). The number of nitrogens with one attached hydrogen (secondary N) is 1. The molecule has 0 amide bonds. The second-order valence-electron chi connectivity index (χ2n) is 8.12. The van der Waals surface area contributed by atoms with Gasteiger partial charge in [0.15, 0.2) is 0 Å². The van der Waals surface area contributed by atoms with E-state index in [0.717, 1.165) is 16.7 Å². The van der Waals surface area contributed by atoms with Crippen LogP contribution in [0.4, 0.5) is 5.69 Å². The van der Waals surface area contributed by atoms with Crippen molar-refractivity contribution in [3.63, 3.8) is 0 Å². The molecule has 0 aromatic heterocycles. The molecule has 0 saturated heterocycles. The van der Waals surface area contributed by atoms with Gasteiger partial charge in [-0.3, -0.25) is 0 Å². The number of aliphatic carboxylic acids is 1. The van der Waals surface area contributed by atoms with Crippen LogP contribution in [0.3, 0.4) is 0 Å². The Balaban J connectivity index is 1.98. The average molecular weight is 378 g/mol. The molecule has 2 N–H and O–H groups in total. The molecule has 0 spiro atoms. The Labute approximate surface area is 168 Å². The molecule has 0 heterocycles. The fourth-order valence-corrected chi connectivity index (χ4v) is 4.31. The Bertz CT molecular complexity index is 888. The van der Waals surface area contributed by atoms with Crippen LogP contribution in [-0.2, 0) is 4.79 Å². The Morgan fingerprint density at radius 2 is 1.50 bits per heavy atom. The minimum absolute atomic E-state index is 0.361. The summed E-state index contributed by atoms with van der Waals surface area (Å²) in [6.45, 7) is 10.1. The molecule has 1 aliphatic rings. The molecule has 28 heavy (non-hydrogen) atoms. The lowest BCUT2D eigenvalue weighted by atomic mass is 9.85. The summed E-state index contributed by atoms with van der Waals surface area (Å²) < 4.78 is 0. The van der Waals surface area contributed by atoms with Gasteiger partial charge in [0.25, 0.3) is 0 Å². The van der Waals surface area contributed by atoms with Crippen molar-refractivity contribution < 1.29 is 9.90 Å². The van der Waals surface area contributed by atoms with Gasteiger partial charge in [0, 0.05) is 17.3 Å². The minimum atomic E-state index is -0.872. The van der Waals surface area contributed by atoms with Gasteiger partial charge in [-0.05, 0) is 105 Å². The maximum atomic E-state index is 11.3. The van der Waals surface area contributed by atoms with Crippen molar-refractivity contribution in [1.29, 1.82) is 0 Å². The van der Waals surface area contributed by atoms with E-state index < -0.39 is 5.97 Å². The maximum Gasteiger partial charge on any atom is 0.331 e. The summed E-state index contributed by atoms with van der Waals surface area (Å²) >= 11 is 0. The zero-order valence-corrected chi connectivity index (χ0v) is 17.6. The summed E-state index contributed by atoms with van der Waals surface area (Å²) in [5.74, 6) is -0.872. The number of hydrogen-bond donors (Lipinski definition) is 2. The molecule has 0 bridgehead atoms. The van der Waals surface area contributed by atoms with E-state index in [0.29, 0.717) is 11.6 Å². The fourth-order valence-electron chi connectivity index (χ4n) is 4.31. The number of rotatable bonds is 5. The van der Waals surface area contributed by atoms with E-state index in [1.165, 1.54) is 53.6 Å². The van der Waals surface area contributed by atoms with Crippen molar-refractivity contribution in [2.24, 2.45) is 0 Å². The molecular weight excluding hydrogens is 346 g/mol. The van der Waals surface area contributed by atoms with Crippen molar-refractivity contribution >= 4 is 17.7 Å². The van der Waals surface area contributed by atoms with Gasteiger partial charge in [0.1, 0.15) is 0 Å². The molecule has 0 atom stereocenters. The lowest BCUT2D eigenvalue weighted by molar-refractivity contribution is -0.132. The predicted molar refractivity (Wildman–Crippen MR) is 118 cm³/mol. The summed E-state index contributed by atoms with van der Waals surface area (Å²) in [6, 6.07) is 9.37. The highest BCUT2D eigenvalue weighted by atomic mass is 16.4. The monoisotopic (exact) mass is 377 g/mol. The van der Waals surface area contributed by atoms with Crippen LogP contribution in [0.5, 0.6) is 0 Å². The molecule has 0 radical (unpaired) electrons. The van der Waals surface area contributed by atoms with Gasteiger partial charge in [-0.2, -0.15) is 0 Å². The van der Waals surface area contributed by atoms with Gasteiger partial charge in [-0.15, -0.1) is 0 Å². The second-order valence-corrected chi connectivity index (χ2v) is 8.12. The third-order valence-electron chi connectivity index (χ3n) is 6.28. The minimum Gasteiger partial charge on any atom is -0.478 e. The third-order valence-corrected chi connectivity index (χ3v) is 6.28. The first kappa shape index (κ1) is 20.2. The number of hydrogen-bond acceptors (Lipinski definition) is 2.